The number of benzene rings is 2. The average Bonchev–Trinajstić information content (AvgIpc) is 2.84. The Hall–Kier alpha value is -1.52. The molecule has 4 heteroatoms. The molecule has 1 heterocycles. The highest BCUT2D eigenvalue weighted by atomic mass is 79.9. The molecule has 0 amide bonds. The number of thiophene rings is 1. The van der Waals surface area contributed by atoms with E-state index in [1.807, 2.05) is 36.4 Å². The maximum Gasteiger partial charge on any atom is 0.127 e. The molecule has 0 bridgehead atoms. The number of halogens is 1. The van der Waals surface area contributed by atoms with Crippen LogP contribution in [0.1, 0.15) is 4.88 Å². The molecule has 96 valence electrons. The van der Waals surface area contributed by atoms with Gasteiger partial charge in [-0.15, -0.1) is 11.3 Å². The number of nitrogen functional groups attached to an aromatic ring is 1. The zero-order chi connectivity index (χ0) is 13.2. The van der Waals surface area contributed by atoms with E-state index in [2.05, 4.69) is 27.4 Å². The lowest BCUT2D eigenvalue weighted by atomic mass is 10.1. The van der Waals surface area contributed by atoms with Gasteiger partial charge in [0.25, 0.3) is 0 Å². The molecular formula is C15H12BrNOS. The first kappa shape index (κ1) is 12.5. The summed E-state index contributed by atoms with van der Waals surface area (Å²) in [5.41, 5.74) is 6.76. The molecule has 19 heavy (non-hydrogen) atoms. The molecular weight excluding hydrogens is 322 g/mol. The Labute approximate surface area is 123 Å². The quantitative estimate of drug-likeness (QED) is 0.697. The third-order valence-electron chi connectivity index (χ3n) is 2.91. The number of hydrogen-bond donors (Lipinski definition) is 1. The summed E-state index contributed by atoms with van der Waals surface area (Å²) in [7, 11) is 0. The summed E-state index contributed by atoms with van der Waals surface area (Å²) in [5, 5.41) is 4.14. The fraction of sp³-hybridized carbons (Fsp3) is 0.0667. The summed E-state index contributed by atoms with van der Waals surface area (Å²) in [5.74, 6) is 0.870. The van der Waals surface area contributed by atoms with Crippen LogP contribution in [0.4, 0.5) is 5.69 Å². The summed E-state index contributed by atoms with van der Waals surface area (Å²) >= 11 is 5.13. The first-order valence-electron chi connectivity index (χ1n) is 5.87. The number of rotatable bonds is 3. The monoisotopic (exact) mass is 333 g/mol. The second-order valence-corrected chi connectivity index (χ2v) is 6.13. The Kier molecular flexibility index (Phi) is 3.44. The molecule has 2 aromatic carbocycles. The Balaban J connectivity index is 1.91. The van der Waals surface area contributed by atoms with Gasteiger partial charge >= 0.3 is 0 Å². The average molecular weight is 334 g/mol. The largest absolute Gasteiger partial charge is 0.487 e. The van der Waals surface area contributed by atoms with Crippen LogP contribution in [0, 0.1) is 0 Å². The molecule has 3 aromatic rings. The fourth-order valence-corrected chi connectivity index (χ4v) is 3.36. The van der Waals surface area contributed by atoms with Gasteiger partial charge in [-0.05, 0) is 34.1 Å². The number of anilines is 1. The van der Waals surface area contributed by atoms with E-state index in [0.29, 0.717) is 6.61 Å². The Morgan fingerprint density at radius 3 is 2.63 bits per heavy atom. The molecule has 2 N–H and O–H groups in total. The molecule has 0 saturated heterocycles. The van der Waals surface area contributed by atoms with Gasteiger partial charge in [0, 0.05) is 31.2 Å². The molecule has 0 radical (unpaired) electrons. The van der Waals surface area contributed by atoms with E-state index in [9.17, 15) is 0 Å². The Morgan fingerprint density at radius 2 is 1.89 bits per heavy atom. The van der Waals surface area contributed by atoms with Gasteiger partial charge in [-0.1, -0.05) is 24.3 Å². The van der Waals surface area contributed by atoms with Crippen LogP contribution in [0.15, 0.2) is 52.3 Å². The van der Waals surface area contributed by atoms with Crippen molar-refractivity contribution < 1.29 is 4.74 Å². The van der Waals surface area contributed by atoms with Crippen LogP contribution in [-0.2, 0) is 6.61 Å². The Morgan fingerprint density at radius 1 is 1.11 bits per heavy atom. The lowest BCUT2D eigenvalue weighted by Crippen LogP contribution is -1.95. The van der Waals surface area contributed by atoms with E-state index in [1.165, 1.54) is 4.88 Å². The van der Waals surface area contributed by atoms with Gasteiger partial charge in [0.15, 0.2) is 0 Å². The minimum atomic E-state index is 0.574. The third-order valence-corrected chi connectivity index (χ3v) is 4.58. The van der Waals surface area contributed by atoms with Crippen molar-refractivity contribution in [3.63, 3.8) is 0 Å². The SMILES string of the molecule is Nc1ccc(OCc2cc(Br)cs2)c2ccccc12. The van der Waals surface area contributed by atoms with E-state index in [1.54, 1.807) is 11.3 Å². The van der Waals surface area contributed by atoms with Crippen molar-refractivity contribution >= 4 is 43.7 Å². The van der Waals surface area contributed by atoms with Gasteiger partial charge in [-0.2, -0.15) is 0 Å². The molecule has 0 aliphatic carbocycles. The molecule has 1 aromatic heterocycles. The van der Waals surface area contributed by atoms with Gasteiger partial charge in [0.1, 0.15) is 12.4 Å². The fourth-order valence-electron chi connectivity index (χ4n) is 2.00. The van der Waals surface area contributed by atoms with Crippen molar-refractivity contribution in [3.05, 3.63) is 57.2 Å². The van der Waals surface area contributed by atoms with Crippen molar-refractivity contribution in [3.8, 4) is 5.75 Å². The van der Waals surface area contributed by atoms with Crippen molar-refractivity contribution in [1.82, 2.24) is 0 Å². The molecule has 0 unspecified atom stereocenters. The van der Waals surface area contributed by atoms with Crippen LogP contribution in [0.3, 0.4) is 0 Å². The van der Waals surface area contributed by atoms with Crippen LogP contribution < -0.4 is 10.5 Å². The van der Waals surface area contributed by atoms with Gasteiger partial charge in [-0.25, -0.2) is 0 Å². The van der Waals surface area contributed by atoms with Crippen LogP contribution in [-0.4, -0.2) is 0 Å². The van der Waals surface area contributed by atoms with E-state index < -0.39 is 0 Å². The van der Waals surface area contributed by atoms with Gasteiger partial charge < -0.3 is 10.5 Å². The molecule has 0 saturated carbocycles. The van der Waals surface area contributed by atoms with Crippen molar-refractivity contribution in [1.29, 1.82) is 0 Å². The first-order chi connectivity index (χ1) is 9.24. The summed E-state index contributed by atoms with van der Waals surface area (Å²) in [4.78, 5) is 1.19. The van der Waals surface area contributed by atoms with E-state index in [4.69, 9.17) is 10.5 Å². The zero-order valence-corrected chi connectivity index (χ0v) is 12.5. The number of hydrogen-bond acceptors (Lipinski definition) is 3. The van der Waals surface area contributed by atoms with Gasteiger partial charge in [-0.3, -0.25) is 0 Å². The van der Waals surface area contributed by atoms with E-state index in [-0.39, 0.29) is 0 Å². The van der Waals surface area contributed by atoms with Crippen molar-refractivity contribution in [2.45, 2.75) is 6.61 Å². The molecule has 3 rings (SSSR count). The normalized spacial score (nSPS) is 10.8. The zero-order valence-electron chi connectivity index (χ0n) is 10.1. The number of fused-ring (bicyclic) bond motifs is 1. The first-order valence-corrected chi connectivity index (χ1v) is 7.54. The van der Waals surface area contributed by atoms with E-state index in [0.717, 1.165) is 26.7 Å². The summed E-state index contributed by atoms with van der Waals surface area (Å²) in [6, 6.07) is 13.9. The summed E-state index contributed by atoms with van der Waals surface area (Å²) in [6.07, 6.45) is 0. The number of nitrogens with two attached hydrogens (primary N) is 1. The predicted octanol–water partition coefficient (Wildman–Crippen LogP) is 4.83. The predicted molar refractivity (Wildman–Crippen MR) is 84.7 cm³/mol. The second-order valence-electron chi connectivity index (χ2n) is 4.22. The summed E-state index contributed by atoms with van der Waals surface area (Å²) in [6.45, 7) is 0.574. The van der Waals surface area contributed by atoms with Gasteiger partial charge in [0.2, 0.25) is 0 Å². The molecule has 0 aliphatic rings. The lowest BCUT2D eigenvalue weighted by molar-refractivity contribution is 0.313. The van der Waals surface area contributed by atoms with Crippen LogP contribution >= 0.6 is 27.3 Å². The molecule has 0 spiro atoms. The summed E-state index contributed by atoms with van der Waals surface area (Å²) < 4.78 is 7.00. The van der Waals surface area contributed by atoms with Crippen molar-refractivity contribution in [2.24, 2.45) is 0 Å². The standard InChI is InChI=1S/C15H12BrNOS/c16-10-7-11(19-9-10)8-18-15-6-5-14(17)12-3-1-2-4-13(12)15/h1-7,9H,8,17H2. The smallest absolute Gasteiger partial charge is 0.127 e. The highest BCUT2D eigenvalue weighted by Gasteiger charge is 2.05. The maximum absolute atomic E-state index is 5.98. The minimum absolute atomic E-state index is 0.574. The van der Waals surface area contributed by atoms with Crippen LogP contribution in [0.25, 0.3) is 10.8 Å². The molecule has 2 nitrogen and oxygen atoms in total. The lowest BCUT2D eigenvalue weighted by Gasteiger charge is -2.10. The minimum Gasteiger partial charge on any atom is -0.487 e. The second kappa shape index (κ2) is 5.23. The topological polar surface area (TPSA) is 35.2 Å². The third kappa shape index (κ3) is 2.60. The highest BCUT2D eigenvalue weighted by molar-refractivity contribution is 9.10. The maximum atomic E-state index is 5.98. The van der Waals surface area contributed by atoms with Gasteiger partial charge in [0.05, 0.1) is 0 Å². The molecule has 0 fully saturated rings. The van der Waals surface area contributed by atoms with Crippen molar-refractivity contribution in [2.75, 3.05) is 5.73 Å². The molecule has 0 atom stereocenters. The number of ether oxygens (including phenoxy) is 1. The van der Waals surface area contributed by atoms with Crippen LogP contribution in [0.2, 0.25) is 0 Å². The van der Waals surface area contributed by atoms with E-state index >= 15 is 0 Å². The highest BCUT2D eigenvalue weighted by Crippen LogP contribution is 2.31. The van der Waals surface area contributed by atoms with Crippen LogP contribution in [0.5, 0.6) is 5.75 Å². The Bertz CT molecular complexity index is 723. The molecule has 0 aliphatic heterocycles.